The molecule has 1 unspecified atom stereocenters. The van der Waals surface area contributed by atoms with E-state index in [1.165, 1.54) is 0 Å². The Balaban J connectivity index is 1.89. The maximum atomic E-state index is 13.3. The second-order valence-electron chi connectivity index (χ2n) is 12.0. The summed E-state index contributed by atoms with van der Waals surface area (Å²) in [5.74, 6) is -1.30. The minimum absolute atomic E-state index is 0.0401. The average molecular weight is 521 g/mol. The van der Waals surface area contributed by atoms with E-state index < -0.39 is 29.6 Å². The maximum Gasteiger partial charge on any atom is 0.223 e. The summed E-state index contributed by atoms with van der Waals surface area (Å²) in [5.41, 5.74) is 0.346. The summed E-state index contributed by atoms with van der Waals surface area (Å²) in [6.45, 7) is 12.9. The molecule has 0 spiro atoms. The number of rotatable bonds is 2. The zero-order chi connectivity index (χ0) is 27.0. The highest BCUT2D eigenvalue weighted by molar-refractivity contribution is 7.09. The van der Waals surface area contributed by atoms with Crippen LogP contribution >= 0.6 is 11.3 Å². The first kappa shape index (κ1) is 29.0. The minimum Gasteiger partial charge on any atom is -0.392 e. The number of aryl methyl sites for hydroxylation is 1. The van der Waals surface area contributed by atoms with Gasteiger partial charge in [-0.25, -0.2) is 4.98 Å². The van der Waals surface area contributed by atoms with E-state index in [1.54, 1.807) is 32.1 Å². The van der Waals surface area contributed by atoms with Crippen LogP contribution in [0.15, 0.2) is 11.0 Å². The summed E-state index contributed by atoms with van der Waals surface area (Å²) in [5, 5.41) is 38.7. The Labute approximate surface area is 219 Å². The second kappa shape index (κ2) is 11.0. The number of Topliss-reactive ketones (excluding diaryl/α,β-unsaturated/α-hetero) is 1. The number of ketones is 1. The topological polar surface area (TPSA) is 120 Å². The number of aliphatic hydroxyl groups is 3. The first-order valence-corrected chi connectivity index (χ1v) is 14.0. The van der Waals surface area contributed by atoms with Crippen LogP contribution in [0.2, 0.25) is 0 Å². The van der Waals surface area contributed by atoms with Crippen molar-refractivity contribution in [1.82, 2.24) is 10.3 Å². The van der Waals surface area contributed by atoms with E-state index in [1.807, 2.05) is 32.2 Å². The average Bonchev–Trinajstić information content (AvgIpc) is 3.08. The zero-order valence-corrected chi connectivity index (χ0v) is 23.6. The lowest BCUT2D eigenvalue weighted by atomic mass is 9.72. The van der Waals surface area contributed by atoms with Crippen molar-refractivity contribution in [3.05, 3.63) is 21.7 Å². The fourth-order valence-corrected chi connectivity index (χ4v) is 6.39. The molecule has 1 aromatic heterocycles. The van der Waals surface area contributed by atoms with Gasteiger partial charge >= 0.3 is 0 Å². The van der Waals surface area contributed by atoms with E-state index in [0.717, 1.165) is 35.5 Å². The molecule has 7 nitrogen and oxygen atoms in total. The number of fused-ring (bicyclic) bond motifs is 1. The molecule has 3 rings (SSSR count). The summed E-state index contributed by atoms with van der Waals surface area (Å²) < 4.78 is 0. The van der Waals surface area contributed by atoms with Gasteiger partial charge in [0.05, 0.1) is 46.9 Å². The number of carbonyl (C=O) groups is 2. The summed E-state index contributed by atoms with van der Waals surface area (Å²) >= 11 is 1.56. The molecule has 8 heteroatoms. The molecule has 1 aliphatic heterocycles. The van der Waals surface area contributed by atoms with Gasteiger partial charge in [0, 0.05) is 11.3 Å². The molecule has 36 heavy (non-hydrogen) atoms. The molecular formula is C28H44N2O5S. The van der Waals surface area contributed by atoms with Crippen LogP contribution in [-0.4, -0.2) is 56.3 Å². The van der Waals surface area contributed by atoms with Crippen LogP contribution < -0.4 is 5.32 Å². The number of nitrogens with one attached hydrogen (secondary N) is 1. The molecule has 1 amide bonds. The third kappa shape index (κ3) is 6.09. The summed E-state index contributed by atoms with van der Waals surface area (Å²) in [4.78, 5) is 30.9. The quantitative estimate of drug-likeness (QED) is 0.470. The number of aliphatic hydroxyl groups excluding tert-OH is 3. The Morgan fingerprint density at radius 1 is 1.19 bits per heavy atom. The molecule has 202 valence electrons. The van der Waals surface area contributed by atoms with Crippen LogP contribution in [0.1, 0.15) is 84.3 Å². The van der Waals surface area contributed by atoms with Gasteiger partial charge in [-0.2, -0.15) is 0 Å². The van der Waals surface area contributed by atoms with Gasteiger partial charge in [0.1, 0.15) is 5.78 Å². The lowest BCUT2D eigenvalue weighted by Crippen LogP contribution is -2.47. The number of aromatic nitrogens is 1. The zero-order valence-electron chi connectivity index (χ0n) is 22.7. The van der Waals surface area contributed by atoms with Crippen molar-refractivity contribution >= 4 is 29.1 Å². The monoisotopic (exact) mass is 520 g/mol. The van der Waals surface area contributed by atoms with Gasteiger partial charge in [-0.15, -0.1) is 11.3 Å². The number of nitrogens with zero attached hydrogens (tertiary/aromatic N) is 1. The van der Waals surface area contributed by atoms with Gasteiger partial charge in [-0.05, 0) is 62.0 Å². The lowest BCUT2D eigenvalue weighted by Gasteiger charge is -2.34. The maximum absolute atomic E-state index is 13.3. The van der Waals surface area contributed by atoms with Crippen LogP contribution in [0.25, 0.3) is 6.08 Å². The summed E-state index contributed by atoms with van der Waals surface area (Å²) in [6.07, 6.45) is 2.26. The number of hydrogen-bond acceptors (Lipinski definition) is 7. The molecule has 1 aliphatic carbocycles. The van der Waals surface area contributed by atoms with Gasteiger partial charge in [-0.1, -0.05) is 41.0 Å². The van der Waals surface area contributed by atoms with Gasteiger partial charge < -0.3 is 20.6 Å². The largest absolute Gasteiger partial charge is 0.392 e. The SMILES string of the molecule is C/C(=C\c1csc(C)n1)C1C[C@@H]2[C@H](O)[C@]2(C)CCC[C@H](C)[C@H](O)[C@@H](C)C(=O)C(C)(C)[C@@H](O)CC(=O)N1. The highest BCUT2D eigenvalue weighted by atomic mass is 32.1. The Bertz CT molecular complexity index is 988. The lowest BCUT2D eigenvalue weighted by molar-refractivity contribution is -0.143. The van der Waals surface area contributed by atoms with Crippen molar-refractivity contribution < 1.29 is 24.9 Å². The van der Waals surface area contributed by atoms with E-state index in [2.05, 4.69) is 17.2 Å². The van der Waals surface area contributed by atoms with Gasteiger partial charge in [0.2, 0.25) is 5.91 Å². The molecule has 4 N–H and O–H groups in total. The molecule has 0 bridgehead atoms. The third-order valence-corrected chi connectivity index (χ3v) is 9.70. The van der Waals surface area contributed by atoms with Crippen LogP contribution in [0.3, 0.4) is 0 Å². The number of thiazole rings is 1. The van der Waals surface area contributed by atoms with Crippen LogP contribution in [0, 0.1) is 35.5 Å². The highest BCUT2D eigenvalue weighted by Gasteiger charge is 2.60. The molecule has 1 aromatic rings. The molecule has 1 saturated heterocycles. The molecule has 2 heterocycles. The van der Waals surface area contributed by atoms with Crippen molar-refractivity contribution in [3.8, 4) is 0 Å². The van der Waals surface area contributed by atoms with Crippen molar-refractivity contribution in [2.45, 2.75) is 105 Å². The van der Waals surface area contributed by atoms with Crippen LogP contribution in [0.5, 0.6) is 0 Å². The normalized spacial score (nSPS) is 38.8. The molecule has 8 atom stereocenters. The van der Waals surface area contributed by atoms with E-state index in [-0.39, 0.29) is 41.4 Å². The van der Waals surface area contributed by atoms with Crippen molar-refractivity contribution in [2.24, 2.45) is 28.6 Å². The number of hydrogen-bond donors (Lipinski definition) is 4. The highest BCUT2D eigenvalue weighted by Crippen LogP contribution is 2.58. The van der Waals surface area contributed by atoms with E-state index >= 15 is 0 Å². The fraction of sp³-hybridized carbons (Fsp3) is 0.750. The third-order valence-electron chi connectivity index (χ3n) is 8.91. The Kier molecular flexibility index (Phi) is 8.86. The predicted octanol–water partition coefficient (Wildman–Crippen LogP) is 3.89. The second-order valence-corrected chi connectivity index (χ2v) is 13.1. The standard InChI is InChI=1S/C28H44N2O5S/c1-15-9-8-10-28(7)20(26(28)35)12-21(16(2)11-19-14-36-18(4)29-19)30-23(32)13-22(31)27(5,6)25(34)17(3)24(15)33/h11,14-15,17,20-22,24,26,31,33,35H,8-10,12-13H2,1-7H3,(H,30,32)/b16-11+/t15-,17+,20+,21?,22-,24-,26-,28+/m0/s1. The van der Waals surface area contributed by atoms with Crippen LogP contribution in [0.4, 0.5) is 0 Å². The Hall–Kier alpha value is -1.61. The first-order valence-electron chi connectivity index (χ1n) is 13.2. The summed E-state index contributed by atoms with van der Waals surface area (Å²) in [6, 6.07) is -0.320. The van der Waals surface area contributed by atoms with Gasteiger partial charge in [0.25, 0.3) is 0 Å². The molecule has 2 fully saturated rings. The van der Waals surface area contributed by atoms with Gasteiger partial charge in [0.15, 0.2) is 0 Å². The number of amides is 1. The number of carbonyl (C=O) groups excluding carboxylic acids is 2. The van der Waals surface area contributed by atoms with E-state index in [9.17, 15) is 24.9 Å². The smallest absolute Gasteiger partial charge is 0.223 e. The Morgan fingerprint density at radius 3 is 2.47 bits per heavy atom. The van der Waals surface area contributed by atoms with Crippen LogP contribution in [-0.2, 0) is 9.59 Å². The first-order chi connectivity index (χ1) is 16.7. The van der Waals surface area contributed by atoms with Crippen molar-refractivity contribution in [3.63, 3.8) is 0 Å². The molecule has 2 aliphatic rings. The van der Waals surface area contributed by atoms with Crippen molar-refractivity contribution in [1.29, 1.82) is 0 Å². The van der Waals surface area contributed by atoms with E-state index in [4.69, 9.17) is 0 Å². The van der Waals surface area contributed by atoms with Crippen molar-refractivity contribution in [2.75, 3.05) is 0 Å². The minimum atomic E-state index is -1.19. The molecule has 0 aromatic carbocycles. The summed E-state index contributed by atoms with van der Waals surface area (Å²) in [7, 11) is 0. The predicted molar refractivity (Wildman–Crippen MR) is 142 cm³/mol. The van der Waals surface area contributed by atoms with Gasteiger partial charge in [-0.3, -0.25) is 9.59 Å². The Morgan fingerprint density at radius 2 is 1.86 bits per heavy atom. The molecule has 0 radical (unpaired) electrons. The molecular weight excluding hydrogens is 476 g/mol. The van der Waals surface area contributed by atoms with E-state index in [0.29, 0.717) is 6.42 Å². The fourth-order valence-electron chi connectivity index (χ4n) is 5.82. The molecule has 1 saturated carbocycles.